The summed E-state index contributed by atoms with van der Waals surface area (Å²) >= 11 is 0. The summed E-state index contributed by atoms with van der Waals surface area (Å²) in [7, 11) is 0. The monoisotopic (exact) mass is 324 g/mol. The highest BCUT2D eigenvalue weighted by Gasteiger charge is 2.50. The van der Waals surface area contributed by atoms with Crippen molar-refractivity contribution in [3.05, 3.63) is 0 Å². The molecular weight excluding hydrogens is 292 g/mol. The third-order valence-electron chi connectivity index (χ3n) is 5.43. The van der Waals surface area contributed by atoms with Crippen molar-refractivity contribution in [1.82, 2.24) is 10.2 Å². The summed E-state index contributed by atoms with van der Waals surface area (Å²) in [6.07, 6.45) is 7.76. The number of likely N-dealkylation sites (tertiary alicyclic amines) is 1. The van der Waals surface area contributed by atoms with Gasteiger partial charge < -0.3 is 19.7 Å². The van der Waals surface area contributed by atoms with Crippen LogP contribution in [0, 0.1) is 0 Å². The molecule has 1 amide bonds. The van der Waals surface area contributed by atoms with Crippen LogP contribution in [-0.4, -0.2) is 54.0 Å². The summed E-state index contributed by atoms with van der Waals surface area (Å²) in [5.74, 6) is 0. The Labute approximate surface area is 140 Å². The van der Waals surface area contributed by atoms with E-state index in [0.29, 0.717) is 12.1 Å². The van der Waals surface area contributed by atoms with Gasteiger partial charge >= 0.3 is 6.09 Å². The normalized spacial score (nSPS) is 30.8. The van der Waals surface area contributed by atoms with Crippen LogP contribution >= 0.6 is 0 Å². The molecule has 2 aliphatic heterocycles. The standard InChI is InChI=1S/C18H32N2O3/c1-17(2,3)23-16(21)20-10-7-14(12-18(20)8-5-9-18)19-15-6-4-11-22-13-15/h14-15,19H,4-13H2,1-3H3. The second-order valence-electron chi connectivity index (χ2n) is 8.48. The highest BCUT2D eigenvalue weighted by molar-refractivity contribution is 5.69. The molecule has 132 valence electrons. The smallest absolute Gasteiger partial charge is 0.410 e. The number of nitrogens with zero attached hydrogens (tertiary/aromatic N) is 1. The molecule has 3 fully saturated rings. The quantitative estimate of drug-likeness (QED) is 0.848. The third kappa shape index (κ3) is 4.00. The minimum absolute atomic E-state index is 0.0355. The fourth-order valence-corrected chi connectivity index (χ4v) is 4.20. The number of hydrogen-bond acceptors (Lipinski definition) is 4. The molecule has 3 rings (SSSR count). The van der Waals surface area contributed by atoms with Crippen LogP contribution in [0.2, 0.25) is 0 Å². The number of rotatable bonds is 2. The van der Waals surface area contributed by atoms with Crippen molar-refractivity contribution < 1.29 is 14.3 Å². The van der Waals surface area contributed by atoms with E-state index in [2.05, 4.69) is 5.32 Å². The van der Waals surface area contributed by atoms with Gasteiger partial charge in [0.2, 0.25) is 0 Å². The topological polar surface area (TPSA) is 50.8 Å². The van der Waals surface area contributed by atoms with Crippen molar-refractivity contribution in [2.75, 3.05) is 19.8 Å². The van der Waals surface area contributed by atoms with E-state index >= 15 is 0 Å². The Balaban J connectivity index is 1.59. The Morgan fingerprint density at radius 2 is 2.00 bits per heavy atom. The number of ether oxygens (including phenoxy) is 2. The molecule has 0 radical (unpaired) electrons. The van der Waals surface area contributed by atoms with E-state index in [0.717, 1.165) is 51.9 Å². The maximum atomic E-state index is 12.6. The zero-order chi connectivity index (χ0) is 16.5. The van der Waals surface area contributed by atoms with Crippen molar-refractivity contribution in [2.24, 2.45) is 0 Å². The summed E-state index contributed by atoms with van der Waals surface area (Å²) in [6, 6.07) is 0.986. The van der Waals surface area contributed by atoms with E-state index < -0.39 is 5.60 Å². The summed E-state index contributed by atoms with van der Waals surface area (Å²) in [5, 5.41) is 3.79. The van der Waals surface area contributed by atoms with E-state index in [1.807, 2.05) is 25.7 Å². The van der Waals surface area contributed by atoms with Crippen LogP contribution in [0.1, 0.15) is 65.7 Å². The highest BCUT2D eigenvalue weighted by Crippen LogP contribution is 2.45. The summed E-state index contributed by atoms with van der Waals surface area (Å²) in [4.78, 5) is 14.6. The summed E-state index contributed by atoms with van der Waals surface area (Å²) in [6.45, 7) is 8.36. The molecule has 1 N–H and O–H groups in total. The van der Waals surface area contributed by atoms with Gasteiger partial charge in [0.1, 0.15) is 5.60 Å². The summed E-state index contributed by atoms with van der Waals surface area (Å²) in [5.41, 5.74) is -0.385. The number of hydrogen-bond donors (Lipinski definition) is 1. The Bertz CT molecular complexity index is 422. The van der Waals surface area contributed by atoms with Crippen LogP contribution < -0.4 is 5.32 Å². The lowest BCUT2D eigenvalue weighted by molar-refractivity contribution is -0.0519. The predicted molar refractivity (Wildman–Crippen MR) is 89.5 cm³/mol. The van der Waals surface area contributed by atoms with Crippen LogP contribution in [-0.2, 0) is 9.47 Å². The molecular formula is C18H32N2O3. The molecule has 1 aliphatic carbocycles. The van der Waals surface area contributed by atoms with Gasteiger partial charge in [-0.25, -0.2) is 4.79 Å². The molecule has 0 aromatic heterocycles. The zero-order valence-electron chi connectivity index (χ0n) is 14.9. The number of nitrogens with one attached hydrogen (secondary N) is 1. The largest absolute Gasteiger partial charge is 0.444 e. The molecule has 2 saturated heterocycles. The van der Waals surface area contributed by atoms with Gasteiger partial charge in [-0.2, -0.15) is 0 Å². The second-order valence-corrected chi connectivity index (χ2v) is 8.48. The van der Waals surface area contributed by atoms with Crippen LogP contribution in [0.3, 0.4) is 0 Å². The predicted octanol–water partition coefficient (Wildman–Crippen LogP) is 3.08. The fraction of sp³-hybridized carbons (Fsp3) is 0.944. The first-order valence-corrected chi connectivity index (χ1v) is 9.22. The fourth-order valence-electron chi connectivity index (χ4n) is 4.20. The van der Waals surface area contributed by atoms with Gasteiger partial charge in [-0.3, -0.25) is 0 Å². The van der Waals surface area contributed by atoms with E-state index in [1.165, 1.54) is 12.8 Å². The van der Waals surface area contributed by atoms with Gasteiger partial charge in [0.15, 0.2) is 0 Å². The van der Waals surface area contributed by atoms with Gasteiger partial charge in [-0.05, 0) is 65.7 Å². The van der Waals surface area contributed by atoms with Crippen molar-refractivity contribution in [1.29, 1.82) is 0 Å². The molecule has 3 aliphatic rings. The van der Waals surface area contributed by atoms with Crippen molar-refractivity contribution >= 4 is 6.09 Å². The number of amides is 1. The molecule has 2 atom stereocenters. The average molecular weight is 324 g/mol. The Kier molecular flexibility index (Phi) is 4.88. The lowest BCUT2D eigenvalue weighted by Crippen LogP contribution is -2.64. The average Bonchev–Trinajstić information content (AvgIpc) is 2.44. The molecule has 0 aromatic rings. The lowest BCUT2D eigenvalue weighted by Gasteiger charge is -2.55. The molecule has 2 heterocycles. The van der Waals surface area contributed by atoms with Crippen molar-refractivity contribution in [3.63, 3.8) is 0 Å². The first-order valence-electron chi connectivity index (χ1n) is 9.22. The molecule has 1 saturated carbocycles. The van der Waals surface area contributed by atoms with Crippen molar-refractivity contribution in [2.45, 2.75) is 88.9 Å². The maximum absolute atomic E-state index is 12.6. The molecule has 0 bridgehead atoms. The lowest BCUT2D eigenvalue weighted by atomic mass is 9.69. The van der Waals surface area contributed by atoms with E-state index in [1.54, 1.807) is 0 Å². The molecule has 5 heteroatoms. The highest BCUT2D eigenvalue weighted by atomic mass is 16.6. The first-order chi connectivity index (χ1) is 10.9. The van der Waals surface area contributed by atoms with Gasteiger partial charge in [-0.15, -0.1) is 0 Å². The summed E-state index contributed by atoms with van der Waals surface area (Å²) < 4.78 is 11.2. The van der Waals surface area contributed by atoms with Gasteiger partial charge in [-0.1, -0.05) is 0 Å². The molecule has 23 heavy (non-hydrogen) atoms. The third-order valence-corrected chi connectivity index (χ3v) is 5.43. The number of carbonyl (C=O) groups is 1. The van der Waals surface area contributed by atoms with Crippen LogP contribution in [0.5, 0.6) is 0 Å². The van der Waals surface area contributed by atoms with Crippen molar-refractivity contribution in [3.8, 4) is 0 Å². The minimum Gasteiger partial charge on any atom is -0.444 e. The molecule has 0 aromatic carbocycles. The van der Waals surface area contributed by atoms with Crippen LogP contribution in [0.25, 0.3) is 0 Å². The first kappa shape index (κ1) is 17.0. The zero-order valence-corrected chi connectivity index (χ0v) is 14.9. The van der Waals surface area contributed by atoms with Gasteiger partial charge in [0, 0.05) is 30.8 Å². The second kappa shape index (κ2) is 6.60. The Hall–Kier alpha value is -0.810. The maximum Gasteiger partial charge on any atom is 0.410 e. The SMILES string of the molecule is CC(C)(C)OC(=O)N1CCC(NC2CCCOC2)CC12CCC2. The van der Waals surface area contributed by atoms with E-state index in [9.17, 15) is 4.79 Å². The minimum atomic E-state index is -0.420. The van der Waals surface area contributed by atoms with Gasteiger partial charge in [0.05, 0.1) is 6.61 Å². The molecule has 1 spiro atoms. The Morgan fingerprint density at radius 1 is 1.22 bits per heavy atom. The van der Waals surface area contributed by atoms with E-state index in [-0.39, 0.29) is 11.6 Å². The van der Waals surface area contributed by atoms with Gasteiger partial charge in [0.25, 0.3) is 0 Å². The van der Waals surface area contributed by atoms with E-state index in [4.69, 9.17) is 9.47 Å². The number of piperidine rings is 1. The Morgan fingerprint density at radius 3 is 2.57 bits per heavy atom. The molecule has 5 nitrogen and oxygen atoms in total. The van der Waals surface area contributed by atoms with Crippen LogP contribution in [0.15, 0.2) is 0 Å². The van der Waals surface area contributed by atoms with Crippen LogP contribution in [0.4, 0.5) is 4.79 Å². The molecule has 2 unspecified atom stereocenters. The number of carbonyl (C=O) groups excluding carboxylic acids is 1.